The van der Waals surface area contributed by atoms with Crippen molar-refractivity contribution in [1.82, 2.24) is 0 Å². The summed E-state index contributed by atoms with van der Waals surface area (Å²) in [6.45, 7) is 0. The Labute approximate surface area is 133 Å². The first kappa shape index (κ1) is 16.9. The second kappa shape index (κ2) is 6.33. The van der Waals surface area contributed by atoms with Gasteiger partial charge in [0.05, 0.1) is 22.0 Å². The van der Waals surface area contributed by atoms with Gasteiger partial charge in [0.15, 0.2) is 0 Å². The zero-order valence-electron chi connectivity index (χ0n) is 11.3. The molecule has 23 heavy (non-hydrogen) atoms. The molecule has 0 bridgehead atoms. The summed E-state index contributed by atoms with van der Waals surface area (Å²) in [5.74, 6) is -0.656. The fourth-order valence-electron chi connectivity index (χ4n) is 1.70. The molecular weight excluding hydrogens is 338 g/mol. The van der Waals surface area contributed by atoms with E-state index in [9.17, 15) is 22.4 Å². The van der Waals surface area contributed by atoms with E-state index in [4.69, 9.17) is 17.3 Å². The third kappa shape index (κ3) is 4.26. The van der Waals surface area contributed by atoms with E-state index in [1.54, 1.807) is 0 Å². The summed E-state index contributed by atoms with van der Waals surface area (Å²) < 4.78 is 51.0. The number of halogens is 5. The molecule has 0 heterocycles. The zero-order valence-corrected chi connectivity index (χ0v) is 12.1. The molecule has 2 aromatic rings. The summed E-state index contributed by atoms with van der Waals surface area (Å²) in [6, 6.07) is 5.14. The number of nitrogen functional groups attached to an aromatic ring is 1. The number of benzene rings is 2. The lowest BCUT2D eigenvalue weighted by molar-refractivity contribution is -0.137. The first-order chi connectivity index (χ1) is 10.7. The van der Waals surface area contributed by atoms with Crippen LogP contribution in [0.5, 0.6) is 0 Å². The molecule has 0 aliphatic carbocycles. The Bertz CT molecular complexity index is 749. The number of hydrogen-bond donors (Lipinski definition) is 3. The van der Waals surface area contributed by atoms with Crippen molar-refractivity contribution in [2.75, 3.05) is 16.4 Å². The molecule has 0 aliphatic heterocycles. The molecule has 2 rings (SSSR count). The number of nitrogens with two attached hydrogens (primary N) is 1. The average molecular weight is 348 g/mol. The zero-order chi connectivity index (χ0) is 17.2. The van der Waals surface area contributed by atoms with Gasteiger partial charge in [0.2, 0.25) is 0 Å². The monoisotopic (exact) mass is 347 g/mol. The van der Waals surface area contributed by atoms with E-state index in [-0.39, 0.29) is 22.1 Å². The second-order valence-corrected chi connectivity index (χ2v) is 4.92. The first-order valence-corrected chi connectivity index (χ1v) is 6.54. The highest BCUT2D eigenvalue weighted by Crippen LogP contribution is 2.33. The van der Waals surface area contributed by atoms with E-state index < -0.39 is 23.6 Å². The van der Waals surface area contributed by atoms with Gasteiger partial charge in [0, 0.05) is 5.69 Å². The smallest absolute Gasteiger partial charge is 0.396 e. The van der Waals surface area contributed by atoms with Crippen LogP contribution in [0.4, 0.5) is 39.4 Å². The van der Waals surface area contributed by atoms with E-state index >= 15 is 0 Å². The quantitative estimate of drug-likeness (QED) is 0.543. The average Bonchev–Trinajstić information content (AvgIpc) is 2.44. The summed E-state index contributed by atoms with van der Waals surface area (Å²) in [4.78, 5) is 11.8. The number of alkyl halides is 3. The van der Waals surface area contributed by atoms with Crippen molar-refractivity contribution in [2.45, 2.75) is 6.18 Å². The highest BCUT2D eigenvalue weighted by atomic mass is 35.5. The van der Waals surface area contributed by atoms with Crippen LogP contribution in [0.2, 0.25) is 5.02 Å². The number of rotatable bonds is 2. The van der Waals surface area contributed by atoms with E-state index in [0.29, 0.717) is 6.07 Å². The molecule has 0 spiro atoms. The minimum atomic E-state index is -4.57. The van der Waals surface area contributed by atoms with E-state index in [1.807, 2.05) is 0 Å². The Morgan fingerprint density at radius 2 is 1.78 bits per heavy atom. The molecule has 0 fully saturated rings. The van der Waals surface area contributed by atoms with E-state index in [1.165, 1.54) is 12.1 Å². The number of amides is 2. The fourth-order valence-corrected chi connectivity index (χ4v) is 1.87. The third-order valence-electron chi connectivity index (χ3n) is 2.80. The molecule has 2 aromatic carbocycles. The maximum atomic E-state index is 13.0. The number of urea groups is 1. The molecule has 0 aromatic heterocycles. The van der Waals surface area contributed by atoms with Crippen molar-refractivity contribution in [2.24, 2.45) is 0 Å². The molecule has 4 nitrogen and oxygen atoms in total. The van der Waals surface area contributed by atoms with Gasteiger partial charge in [-0.1, -0.05) is 11.6 Å². The van der Waals surface area contributed by atoms with Gasteiger partial charge in [-0.2, -0.15) is 13.2 Å². The van der Waals surface area contributed by atoms with E-state index in [0.717, 1.165) is 18.2 Å². The van der Waals surface area contributed by atoms with Crippen LogP contribution in [0.1, 0.15) is 5.56 Å². The highest BCUT2D eigenvalue weighted by Gasteiger charge is 2.31. The highest BCUT2D eigenvalue weighted by molar-refractivity contribution is 6.33. The predicted molar refractivity (Wildman–Crippen MR) is 79.9 cm³/mol. The van der Waals surface area contributed by atoms with Crippen LogP contribution in [-0.4, -0.2) is 6.03 Å². The van der Waals surface area contributed by atoms with Crippen LogP contribution in [0.15, 0.2) is 36.4 Å². The minimum absolute atomic E-state index is 0.0632. The van der Waals surface area contributed by atoms with Crippen molar-refractivity contribution >= 4 is 34.7 Å². The Balaban J connectivity index is 2.15. The Kier molecular flexibility index (Phi) is 4.65. The van der Waals surface area contributed by atoms with Crippen LogP contribution in [0, 0.1) is 5.82 Å². The lowest BCUT2D eigenvalue weighted by Crippen LogP contribution is -2.20. The summed E-state index contributed by atoms with van der Waals surface area (Å²) in [7, 11) is 0. The van der Waals surface area contributed by atoms with Gasteiger partial charge < -0.3 is 16.4 Å². The SMILES string of the molecule is Nc1cc(NC(=O)Nc2cc(C(F)(F)F)ccc2Cl)ccc1F. The topological polar surface area (TPSA) is 67.1 Å². The van der Waals surface area contributed by atoms with Crippen LogP contribution < -0.4 is 16.4 Å². The molecule has 0 atom stereocenters. The van der Waals surface area contributed by atoms with Crippen LogP contribution in [0.3, 0.4) is 0 Å². The van der Waals surface area contributed by atoms with Gasteiger partial charge >= 0.3 is 12.2 Å². The van der Waals surface area contributed by atoms with Gasteiger partial charge in [-0.05, 0) is 36.4 Å². The summed E-state index contributed by atoms with van der Waals surface area (Å²) >= 11 is 5.76. The van der Waals surface area contributed by atoms with Crippen molar-refractivity contribution < 1.29 is 22.4 Å². The maximum Gasteiger partial charge on any atom is 0.416 e. The van der Waals surface area contributed by atoms with Crippen molar-refractivity contribution in [3.05, 3.63) is 52.8 Å². The number of anilines is 3. The third-order valence-corrected chi connectivity index (χ3v) is 3.13. The Morgan fingerprint density at radius 1 is 1.09 bits per heavy atom. The van der Waals surface area contributed by atoms with Crippen LogP contribution in [0.25, 0.3) is 0 Å². The van der Waals surface area contributed by atoms with Gasteiger partial charge in [-0.25, -0.2) is 9.18 Å². The summed E-state index contributed by atoms with van der Waals surface area (Å²) in [6.07, 6.45) is -4.57. The molecule has 4 N–H and O–H groups in total. The lowest BCUT2D eigenvalue weighted by atomic mass is 10.2. The van der Waals surface area contributed by atoms with Gasteiger partial charge in [0.1, 0.15) is 5.82 Å². The normalized spacial score (nSPS) is 11.2. The predicted octanol–water partition coefficient (Wildman–Crippen LogP) is 4.72. The van der Waals surface area contributed by atoms with Gasteiger partial charge in [-0.3, -0.25) is 0 Å². The molecule has 9 heteroatoms. The van der Waals surface area contributed by atoms with Crippen molar-refractivity contribution in [3.63, 3.8) is 0 Å². The number of hydrogen-bond acceptors (Lipinski definition) is 2. The standard InChI is InChI=1S/C14H10ClF4N3O/c15-9-3-1-7(14(17,18)19)5-12(9)22-13(23)21-8-2-4-10(16)11(20)6-8/h1-6H,20H2,(H2,21,22,23). The van der Waals surface area contributed by atoms with Crippen molar-refractivity contribution in [3.8, 4) is 0 Å². The van der Waals surface area contributed by atoms with Gasteiger partial charge in [-0.15, -0.1) is 0 Å². The van der Waals surface area contributed by atoms with Crippen LogP contribution >= 0.6 is 11.6 Å². The van der Waals surface area contributed by atoms with E-state index in [2.05, 4.69) is 10.6 Å². The molecule has 0 unspecified atom stereocenters. The molecule has 2 amide bonds. The second-order valence-electron chi connectivity index (χ2n) is 4.51. The molecule has 122 valence electrons. The molecule has 0 aliphatic rings. The summed E-state index contributed by atoms with van der Waals surface area (Å²) in [5, 5.41) is 4.43. The largest absolute Gasteiger partial charge is 0.416 e. The Hall–Kier alpha value is -2.48. The Morgan fingerprint density at radius 3 is 2.39 bits per heavy atom. The number of carbonyl (C=O) groups excluding carboxylic acids is 1. The molecule has 0 radical (unpaired) electrons. The first-order valence-electron chi connectivity index (χ1n) is 6.16. The van der Waals surface area contributed by atoms with Crippen molar-refractivity contribution in [1.29, 1.82) is 0 Å². The fraction of sp³-hybridized carbons (Fsp3) is 0.0714. The number of carbonyl (C=O) groups is 1. The minimum Gasteiger partial charge on any atom is -0.396 e. The maximum absolute atomic E-state index is 13.0. The lowest BCUT2D eigenvalue weighted by Gasteiger charge is -2.12. The molecular formula is C14H10ClF4N3O. The molecule has 0 saturated carbocycles. The molecule has 0 saturated heterocycles. The number of nitrogens with one attached hydrogen (secondary N) is 2. The van der Waals surface area contributed by atoms with Crippen LogP contribution in [-0.2, 0) is 6.18 Å². The van der Waals surface area contributed by atoms with Gasteiger partial charge in [0.25, 0.3) is 0 Å². The summed E-state index contributed by atoms with van der Waals surface area (Å²) in [5.41, 5.74) is 4.17.